The second-order valence-corrected chi connectivity index (χ2v) is 9.97. The van der Waals surface area contributed by atoms with E-state index in [1.807, 2.05) is 0 Å². The molecule has 0 aliphatic carbocycles. The molecule has 0 bridgehead atoms. The van der Waals surface area contributed by atoms with Crippen molar-refractivity contribution in [2.75, 3.05) is 0 Å². The van der Waals surface area contributed by atoms with E-state index in [-0.39, 0.29) is 5.60 Å². The van der Waals surface area contributed by atoms with Gasteiger partial charge in [-0.25, -0.2) is 0 Å². The number of hydrogen-bond donors (Lipinski definition) is 0. The van der Waals surface area contributed by atoms with E-state index in [2.05, 4.69) is 85.8 Å². The van der Waals surface area contributed by atoms with E-state index in [0.29, 0.717) is 0 Å². The number of allylic oxidation sites excluding steroid dienone is 5. The second kappa shape index (κ2) is 11.0. The Kier molecular flexibility index (Phi) is 9.01. The number of ether oxygens (including phenoxy) is 1. The first-order chi connectivity index (χ1) is 14.1. The van der Waals surface area contributed by atoms with Gasteiger partial charge in [0.25, 0.3) is 0 Å². The zero-order valence-electron chi connectivity index (χ0n) is 20.7. The summed E-state index contributed by atoms with van der Waals surface area (Å²) >= 11 is 0. The van der Waals surface area contributed by atoms with E-state index in [1.165, 1.54) is 47.1 Å². The SMILES string of the molecule is CC(=CC=C[C@@]1(C)CCc2c(C)[c]c(C)c(C)c2O1)CC/C=C(\C)CCCC(C)C. The van der Waals surface area contributed by atoms with Gasteiger partial charge in [0.1, 0.15) is 11.4 Å². The average Bonchev–Trinajstić information content (AvgIpc) is 2.65. The molecular formula is C29H43O. The number of hydrogen-bond acceptors (Lipinski definition) is 1. The summed E-state index contributed by atoms with van der Waals surface area (Å²) < 4.78 is 6.51. The van der Waals surface area contributed by atoms with Crippen molar-refractivity contribution in [2.24, 2.45) is 5.92 Å². The van der Waals surface area contributed by atoms with Gasteiger partial charge in [0.15, 0.2) is 0 Å². The highest BCUT2D eigenvalue weighted by atomic mass is 16.5. The summed E-state index contributed by atoms with van der Waals surface area (Å²) in [5, 5.41) is 0. The molecule has 1 atom stereocenters. The summed E-state index contributed by atoms with van der Waals surface area (Å²) in [7, 11) is 0. The van der Waals surface area contributed by atoms with Crippen LogP contribution in [0.2, 0.25) is 0 Å². The molecule has 0 N–H and O–H groups in total. The molecular weight excluding hydrogens is 364 g/mol. The predicted octanol–water partition coefficient (Wildman–Crippen LogP) is 8.55. The molecule has 0 fully saturated rings. The average molecular weight is 408 g/mol. The molecule has 1 aliphatic heterocycles. The molecule has 2 rings (SSSR count). The number of fused-ring (bicyclic) bond motifs is 1. The lowest BCUT2D eigenvalue weighted by atomic mass is 9.87. The fourth-order valence-electron chi connectivity index (χ4n) is 4.17. The Labute approximate surface area is 186 Å². The van der Waals surface area contributed by atoms with Gasteiger partial charge in [-0.15, -0.1) is 0 Å². The van der Waals surface area contributed by atoms with E-state index >= 15 is 0 Å². The van der Waals surface area contributed by atoms with E-state index in [9.17, 15) is 0 Å². The Morgan fingerprint density at radius 1 is 1.10 bits per heavy atom. The molecule has 30 heavy (non-hydrogen) atoms. The second-order valence-electron chi connectivity index (χ2n) is 9.97. The maximum absolute atomic E-state index is 6.51. The third-order valence-corrected chi connectivity index (χ3v) is 6.43. The maximum Gasteiger partial charge on any atom is 0.127 e. The molecule has 165 valence electrons. The number of rotatable bonds is 9. The van der Waals surface area contributed by atoms with Crippen LogP contribution in [0.15, 0.2) is 35.5 Å². The van der Waals surface area contributed by atoms with Crippen molar-refractivity contribution >= 4 is 0 Å². The van der Waals surface area contributed by atoms with E-state index in [0.717, 1.165) is 37.4 Å². The van der Waals surface area contributed by atoms with Crippen LogP contribution in [0.25, 0.3) is 0 Å². The highest BCUT2D eigenvalue weighted by Gasteiger charge is 2.31. The van der Waals surface area contributed by atoms with Crippen molar-refractivity contribution in [1.82, 2.24) is 0 Å². The van der Waals surface area contributed by atoms with Crippen LogP contribution in [0.3, 0.4) is 0 Å². The van der Waals surface area contributed by atoms with E-state index in [4.69, 9.17) is 4.74 Å². The van der Waals surface area contributed by atoms with Gasteiger partial charge in [-0.2, -0.15) is 0 Å². The Morgan fingerprint density at radius 2 is 1.83 bits per heavy atom. The summed E-state index contributed by atoms with van der Waals surface area (Å²) in [5.41, 5.74) is 7.74. The van der Waals surface area contributed by atoms with Crippen molar-refractivity contribution < 1.29 is 4.74 Å². The van der Waals surface area contributed by atoms with E-state index in [1.54, 1.807) is 5.57 Å². The minimum Gasteiger partial charge on any atom is -0.483 e. The summed E-state index contributed by atoms with van der Waals surface area (Å²) in [6.07, 6.45) is 17.3. The molecule has 0 unspecified atom stereocenters. The fraction of sp³-hybridized carbons (Fsp3) is 0.586. The number of aryl methyl sites for hydroxylation is 2. The van der Waals surface area contributed by atoms with Crippen LogP contribution in [0.5, 0.6) is 5.75 Å². The topological polar surface area (TPSA) is 9.23 Å². The molecule has 1 heteroatoms. The van der Waals surface area contributed by atoms with Crippen molar-refractivity contribution in [3.8, 4) is 5.75 Å². The first kappa shape index (κ1) is 24.5. The van der Waals surface area contributed by atoms with Gasteiger partial charge in [-0.1, -0.05) is 49.6 Å². The molecule has 1 heterocycles. The van der Waals surface area contributed by atoms with Crippen LogP contribution in [-0.2, 0) is 6.42 Å². The Morgan fingerprint density at radius 3 is 2.53 bits per heavy atom. The molecule has 1 aromatic carbocycles. The summed E-state index contributed by atoms with van der Waals surface area (Å²) in [6, 6.07) is 3.48. The lowest BCUT2D eigenvalue weighted by molar-refractivity contribution is 0.113. The van der Waals surface area contributed by atoms with Gasteiger partial charge in [-0.05, 0) is 120 Å². The summed E-state index contributed by atoms with van der Waals surface area (Å²) in [5.74, 6) is 1.90. The van der Waals surface area contributed by atoms with Gasteiger partial charge in [0.2, 0.25) is 0 Å². The van der Waals surface area contributed by atoms with Crippen LogP contribution < -0.4 is 4.74 Å². The normalized spacial score (nSPS) is 20.0. The quantitative estimate of drug-likeness (QED) is 0.294. The summed E-state index contributed by atoms with van der Waals surface area (Å²) in [4.78, 5) is 0. The minimum absolute atomic E-state index is 0.234. The Bertz CT molecular complexity index is 806. The molecule has 0 aromatic heterocycles. The smallest absolute Gasteiger partial charge is 0.127 e. The van der Waals surface area contributed by atoms with Crippen molar-refractivity contribution in [1.29, 1.82) is 0 Å². The predicted molar refractivity (Wildman–Crippen MR) is 131 cm³/mol. The number of benzene rings is 1. The van der Waals surface area contributed by atoms with Gasteiger partial charge < -0.3 is 4.74 Å². The van der Waals surface area contributed by atoms with Crippen molar-refractivity contribution in [3.05, 3.63) is 63.8 Å². The zero-order valence-corrected chi connectivity index (χ0v) is 20.7. The fourth-order valence-corrected chi connectivity index (χ4v) is 4.17. The highest BCUT2D eigenvalue weighted by Crippen LogP contribution is 2.39. The summed E-state index contributed by atoms with van der Waals surface area (Å²) in [6.45, 7) is 17.8. The van der Waals surface area contributed by atoms with Crippen molar-refractivity contribution in [2.45, 2.75) is 106 Å². The molecule has 0 amide bonds. The lowest BCUT2D eigenvalue weighted by Gasteiger charge is -2.35. The van der Waals surface area contributed by atoms with Crippen LogP contribution in [0.4, 0.5) is 0 Å². The van der Waals surface area contributed by atoms with Crippen LogP contribution in [0.1, 0.15) is 95.4 Å². The highest BCUT2D eigenvalue weighted by molar-refractivity contribution is 5.51. The van der Waals surface area contributed by atoms with Crippen molar-refractivity contribution in [3.63, 3.8) is 0 Å². The van der Waals surface area contributed by atoms with Crippen LogP contribution >= 0.6 is 0 Å². The van der Waals surface area contributed by atoms with Gasteiger partial charge in [0.05, 0.1) is 0 Å². The monoisotopic (exact) mass is 407 g/mol. The molecule has 1 aliphatic rings. The third-order valence-electron chi connectivity index (χ3n) is 6.43. The Balaban J connectivity index is 1.90. The van der Waals surface area contributed by atoms with Gasteiger partial charge in [-0.3, -0.25) is 0 Å². The molecule has 0 spiro atoms. The zero-order chi connectivity index (χ0) is 22.3. The standard InChI is InChI=1S/C29H43O/c1-21(2)12-9-13-22(3)14-10-15-23(4)16-11-18-29(8)19-17-27-25(6)20-24(5)26(7)28(27)30-29/h11,14,16,18,21H,9-10,12-13,15,17,19H2,1-8H3/b18-11?,22-14+,23-16?/t29-/m0/s1. The first-order valence-electron chi connectivity index (χ1n) is 11.8. The lowest BCUT2D eigenvalue weighted by Crippen LogP contribution is -2.35. The molecule has 1 nitrogen and oxygen atoms in total. The van der Waals surface area contributed by atoms with Crippen LogP contribution in [-0.4, -0.2) is 5.60 Å². The Hall–Kier alpha value is -1.76. The molecule has 1 aromatic rings. The molecule has 0 saturated carbocycles. The van der Waals surface area contributed by atoms with E-state index < -0.39 is 0 Å². The minimum atomic E-state index is -0.234. The maximum atomic E-state index is 6.51. The molecule has 1 radical (unpaired) electrons. The van der Waals surface area contributed by atoms with Crippen LogP contribution in [0, 0.1) is 32.8 Å². The first-order valence-corrected chi connectivity index (χ1v) is 11.8. The third kappa shape index (κ3) is 7.18. The van der Waals surface area contributed by atoms with Gasteiger partial charge >= 0.3 is 0 Å². The van der Waals surface area contributed by atoms with Gasteiger partial charge in [0, 0.05) is 0 Å². The largest absolute Gasteiger partial charge is 0.483 e. The molecule has 0 saturated heterocycles.